The van der Waals surface area contributed by atoms with Crippen LogP contribution in [0.4, 0.5) is 0 Å². The minimum absolute atomic E-state index is 0.0607. The summed E-state index contributed by atoms with van der Waals surface area (Å²) < 4.78 is 6.20. The van der Waals surface area contributed by atoms with Crippen LogP contribution in [-0.4, -0.2) is 12.5 Å². The van der Waals surface area contributed by atoms with E-state index in [1.54, 1.807) is 0 Å². The largest absolute Gasteiger partial charge is 0.426 e. The molecule has 2 rings (SSSR count). The van der Waals surface area contributed by atoms with Crippen molar-refractivity contribution >= 4 is 18.5 Å². The fraction of sp³-hybridized carbons (Fsp3) is 0.529. The molecule has 1 aliphatic heterocycles. The van der Waals surface area contributed by atoms with Crippen LogP contribution in [0.15, 0.2) is 30.8 Å². The Kier molecular flexibility index (Phi) is 5.03. The van der Waals surface area contributed by atoms with E-state index in [9.17, 15) is 0 Å². The number of hydrogen-bond acceptors (Lipinski definition) is 1. The lowest BCUT2D eigenvalue weighted by molar-refractivity contribution is 0.0375. The highest BCUT2D eigenvalue weighted by atomic mass is 16.5. The van der Waals surface area contributed by atoms with Gasteiger partial charge >= 0.3 is 6.92 Å². The number of rotatable bonds is 2. The molecule has 1 aliphatic rings. The first-order chi connectivity index (χ1) is 8.86. The van der Waals surface area contributed by atoms with Crippen LogP contribution in [-0.2, 0) is 4.65 Å². The molecule has 0 saturated carbocycles. The van der Waals surface area contributed by atoms with Gasteiger partial charge in [0.05, 0.1) is 5.60 Å². The highest BCUT2D eigenvalue weighted by Crippen LogP contribution is 2.44. The molecule has 1 saturated heterocycles. The molecule has 1 aromatic rings. The van der Waals surface area contributed by atoms with E-state index >= 15 is 0 Å². The monoisotopic (exact) mass is 258 g/mol. The van der Waals surface area contributed by atoms with Crippen LogP contribution in [0, 0.1) is 5.41 Å². The number of hydrogen-bond donors (Lipinski definition) is 0. The fourth-order valence-corrected chi connectivity index (χ4v) is 2.30. The predicted molar refractivity (Wildman–Crippen MR) is 87.0 cm³/mol. The Bertz CT molecular complexity index is 401. The average molecular weight is 258 g/mol. The molecular formula is C17H27BO. The smallest absolute Gasteiger partial charge is 0.327 e. The van der Waals surface area contributed by atoms with Gasteiger partial charge in [-0.25, -0.2) is 0 Å². The van der Waals surface area contributed by atoms with Gasteiger partial charge in [0.2, 0.25) is 0 Å². The maximum Gasteiger partial charge on any atom is 0.327 e. The summed E-state index contributed by atoms with van der Waals surface area (Å²) in [4.78, 5) is 0. The van der Waals surface area contributed by atoms with Crippen molar-refractivity contribution in [1.82, 2.24) is 0 Å². The minimum Gasteiger partial charge on any atom is -0.426 e. The Labute approximate surface area is 119 Å². The van der Waals surface area contributed by atoms with E-state index in [1.807, 2.05) is 19.9 Å². The summed E-state index contributed by atoms with van der Waals surface area (Å²) in [7, 11) is 0. The van der Waals surface area contributed by atoms with Gasteiger partial charge in [-0.15, -0.1) is 0 Å². The quantitative estimate of drug-likeness (QED) is 0.715. The van der Waals surface area contributed by atoms with Crippen molar-refractivity contribution in [3.63, 3.8) is 0 Å². The van der Waals surface area contributed by atoms with Gasteiger partial charge in [-0.2, -0.15) is 0 Å². The Morgan fingerprint density at radius 1 is 1.11 bits per heavy atom. The van der Waals surface area contributed by atoms with E-state index in [0.29, 0.717) is 0 Å². The standard InChI is InChI=1S/C15H21BO.C2H6/c1-6-12-7-9-13(10-8-12)16-11-14(2,3)15(4,5)17-16;1-2/h6-10H,1,11H2,2-5H3;1-2H3. The molecular weight excluding hydrogens is 231 g/mol. The second kappa shape index (κ2) is 5.96. The molecule has 0 amide bonds. The molecule has 0 radical (unpaired) electrons. The van der Waals surface area contributed by atoms with Gasteiger partial charge in [0.25, 0.3) is 0 Å². The molecule has 0 aliphatic carbocycles. The molecule has 0 atom stereocenters. The van der Waals surface area contributed by atoms with Gasteiger partial charge in [-0.1, -0.05) is 64.6 Å². The molecule has 1 aromatic carbocycles. The SMILES string of the molecule is C=Cc1ccc(B2CC(C)(C)C(C)(C)O2)cc1.CC. The van der Waals surface area contributed by atoms with E-state index in [0.717, 1.165) is 11.9 Å². The Balaban J connectivity index is 0.000000861. The van der Waals surface area contributed by atoms with Crippen LogP contribution in [0.3, 0.4) is 0 Å². The summed E-state index contributed by atoms with van der Waals surface area (Å²) in [5, 5.41) is 0. The second-order valence-electron chi connectivity index (χ2n) is 6.08. The molecule has 1 nitrogen and oxygen atoms in total. The minimum atomic E-state index is -0.0607. The molecule has 0 bridgehead atoms. The van der Waals surface area contributed by atoms with Crippen LogP contribution < -0.4 is 5.46 Å². The molecule has 0 unspecified atom stereocenters. The third-order valence-electron chi connectivity index (χ3n) is 4.31. The summed E-state index contributed by atoms with van der Waals surface area (Å²) in [5.74, 6) is 0. The average Bonchev–Trinajstić information content (AvgIpc) is 2.61. The van der Waals surface area contributed by atoms with Crippen molar-refractivity contribution in [3.8, 4) is 0 Å². The summed E-state index contributed by atoms with van der Waals surface area (Å²) in [6.07, 6.45) is 2.95. The Hall–Kier alpha value is -1.02. The van der Waals surface area contributed by atoms with Crippen molar-refractivity contribution in [2.75, 3.05) is 0 Å². The van der Waals surface area contributed by atoms with E-state index in [4.69, 9.17) is 4.65 Å². The van der Waals surface area contributed by atoms with Gasteiger partial charge in [-0.05, 0) is 36.6 Å². The zero-order valence-electron chi connectivity index (χ0n) is 13.3. The van der Waals surface area contributed by atoms with Gasteiger partial charge < -0.3 is 4.65 Å². The second-order valence-corrected chi connectivity index (χ2v) is 6.08. The van der Waals surface area contributed by atoms with E-state index in [1.165, 1.54) is 5.46 Å². The molecule has 19 heavy (non-hydrogen) atoms. The van der Waals surface area contributed by atoms with Crippen LogP contribution >= 0.6 is 0 Å². The van der Waals surface area contributed by atoms with Crippen LogP contribution in [0.25, 0.3) is 6.08 Å². The highest BCUT2D eigenvalue weighted by molar-refractivity contribution is 6.68. The Morgan fingerprint density at radius 2 is 1.63 bits per heavy atom. The highest BCUT2D eigenvalue weighted by Gasteiger charge is 2.49. The first-order valence-corrected chi connectivity index (χ1v) is 7.26. The third kappa shape index (κ3) is 3.30. The molecule has 104 valence electrons. The third-order valence-corrected chi connectivity index (χ3v) is 4.31. The zero-order valence-corrected chi connectivity index (χ0v) is 13.3. The molecule has 1 fully saturated rings. The van der Waals surface area contributed by atoms with Gasteiger partial charge in [0.1, 0.15) is 0 Å². The van der Waals surface area contributed by atoms with Gasteiger partial charge in [-0.3, -0.25) is 0 Å². The van der Waals surface area contributed by atoms with Crippen molar-refractivity contribution < 1.29 is 4.65 Å². The lowest BCUT2D eigenvalue weighted by Crippen LogP contribution is -2.36. The molecule has 2 heteroatoms. The first-order valence-electron chi connectivity index (χ1n) is 7.26. The van der Waals surface area contributed by atoms with Crippen LogP contribution in [0.5, 0.6) is 0 Å². The summed E-state index contributed by atoms with van der Waals surface area (Å²) in [5.41, 5.74) is 2.59. The first kappa shape index (κ1) is 16.0. The van der Waals surface area contributed by atoms with Crippen molar-refractivity contribution in [3.05, 3.63) is 36.4 Å². The van der Waals surface area contributed by atoms with Crippen LogP contribution in [0.2, 0.25) is 6.32 Å². The molecule has 0 N–H and O–H groups in total. The summed E-state index contributed by atoms with van der Waals surface area (Å²) in [6.45, 7) is 16.9. The topological polar surface area (TPSA) is 9.23 Å². The van der Waals surface area contributed by atoms with E-state index in [2.05, 4.69) is 58.5 Å². The normalized spacial score (nSPS) is 19.6. The van der Waals surface area contributed by atoms with Crippen molar-refractivity contribution in [2.45, 2.75) is 53.5 Å². The van der Waals surface area contributed by atoms with Crippen molar-refractivity contribution in [1.29, 1.82) is 0 Å². The van der Waals surface area contributed by atoms with Crippen molar-refractivity contribution in [2.24, 2.45) is 5.41 Å². The van der Waals surface area contributed by atoms with Gasteiger partial charge in [0, 0.05) is 0 Å². The lowest BCUT2D eigenvalue weighted by Gasteiger charge is -2.34. The maximum atomic E-state index is 6.20. The summed E-state index contributed by atoms with van der Waals surface area (Å²) in [6, 6.07) is 8.51. The zero-order chi connectivity index (χ0) is 14.7. The lowest BCUT2D eigenvalue weighted by atomic mass is 9.54. The van der Waals surface area contributed by atoms with E-state index in [-0.39, 0.29) is 17.9 Å². The van der Waals surface area contributed by atoms with Gasteiger partial charge in [0.15, 0.2) is 0 Å². The number of benzene rings is 1. The molecule has 0 aromatic heterocycles. The predicted octanol–water partition coefficient (Wildman–Crippen LogP) is 4.39. The fourth-order valence-electron chi connectivity index (χ4n) is 2.30. The van der Waals surface area contributed by atoms with E-state index < -0.39 is 0 Å². The maximum absolute atomic E-state index is 6.20. The Morgan fingerprint density at radius 3 is 2.00 bits per heavy atom. The molecule has 1 heterocycles. The molecule has 0 spiro atoms. The summed E-state index contributed by atoms with van der Waals surface area (Å²) >= 11 is 0. The van der Waals surface area contributed by atoms with Crippen LogP contribution in [0.1, 0.15) is 47.1 Å².